The molecular weight excluding hydrogens is 347 g/mol. The van der Waals surface area contributed by atoms with E-state index in [1.165, 1.54) is 34.8 Å². The van der Waals surface area contributed by atoms with E-state index in [1.54, 1.807) is 19.1 Å². The first kappa shape index (κ1) is 16.7. The fourth-order valence-corrected chi connectivity index (χ4v) is 3.78. The van der Waals surface area contributed by atoms with Gasteiger partial charge in [-0.15, -0.1) is 21.5 Å². The van der Waals surface area contributed by atoms with E-state index in [9.17, 15) is 9.18 Å². The standard InChI is InChI=1S/C16H15FN4OS2/c1-3-12-20-21-16(24-12)19-15(22)14-9(2)18-13(23-14)8-10-4-6-11(17)7-5-10/h4-7H,3,8H2,1-2H3,(H,19,21,22). The van der Waals surface area contributed by atoms with Crippen LogP contribution in [-0.2, 0) is 12.8 Å². The Hall–Kier alpha value is -2.19. The SMILES string of the molecule is CCc1nnc(NC(=O)c2sc(Cc3ccc(F)cc3)nc2C)s1. The summed E-state index contributed by atoms with van der Waals surface area (Å²) in [6, 6.07) is 6.28. The Bertz CT molecular complexity index is 857. The van der Waals surface area contributed by atoms with Crippen LogP contribution in [0.1, 0.15) is 37.9 Å². The number of carbonyl (C=O) groups excluding carboxylic acids is 1. The number of amides is 1. The lowest BCUT2D eigenvalue weighted by atomic mass is 10.1. The van der Waals surface area contributed by atoms with Crippen LogP contribution in [0, 0.1) is 12.7 Å². The van der Waals surface area contributed by atoms with Crippen molar-refractivity contribution in [3.63, 3.8) is 0 Å². The topological polar surface area (TPSA) is 67.8 Å². The third kappa shape index (κ3) is 3.82. The van der Waals surface area contributed by atoms with E-state index in [0.717, 1.165) is 22.0 Å². The van der Waals surface area contributed by atoms with Gasteiger partial charge in [-0.3, -0.25) is 10.1 Å². The highest BCUT2D eigenvalue weighted by atomic mass is 32.1. The summed E-state index contributed by atoms with van der Waals surface area (Å²) in [6.45, 7) is 3.79. The maximum Gasteiger partial charge on any atom is 0.269 e. The summed E-state index contributed by atoms with van der Waals surface area (Å²) in [5.74, 6) is -0.494. The number of hydrogen-bond donors (Lipinski definition) is 1. The largest absolute Gasteiger partial charge is 0.296 e. The van der Waals surface area contributed by atoms with E-state index < -0.39 is 0 Å². The van der Waals surface area contributed by atoms with Gasteiger partial charge in [0, 0.05) is 6.42 Å². The number of nitrogens with zero attached hydrogens (tertiary/aromatic N) is 3. The van der Waals surface area contributed by atoms with Crippen LogP contribution < -0.4 is 5.32 Å². The zero-order valence-corrected chi connectivity index (χ0v) is 14.8. The summed E-state index contributed by atoms with van der Waals surface area (Å²) >= 11 is 2.71. The highest BCUT2D eigenvalue weighted by Crippen LogP contribution is 2.23. The molecule has 0 saturated heterocycles. The van der Waals surface area contributed by atoms with Gasteiger partial charge in [-0.1, -0.05) is 30.4 Å². The van der Waals surface area contributed by atoms with Gasteiger partial charge in [-0.25, -0.2) is 9.37 Å². The minimum atomic E-state index is -0.266. The van der Waals surface area contributed by atoms with Gasteiger partial charge in [0.2, 0.25) is 5.13 Å². The molecule has 0 aliphatic rings. The average molecular weight is 362 g/mol. The number of nitrogens with one attached hydrogen (secondary N) is 1. The Morgan fingerprint density at radius 3 is 2.58 bits per heavy atom. The van der Waals surface area contributed by atoms with Gasteiger partial charge in [-0.05, 0) is 31.0 Å². The van der Waals surface area contributed by atoms with Crippen molar-refractivity contribution in [2.75, 3.05) is 5.32 Å². The van der Waals surface area contributed by atoms with Crippen molar-refractivity contribution in [1.29, 1.82) is 0 Å². The summed E-state index contributed by atoms with van der Waals surface area (Å²) in [5.41, 5.74) is 1.63. The van der Waals surface area contributed by atoms with Gasteiger partial charge < -0.3 is 0 Å². The molecule has 0 atom stereocenters. The molecule has 0 spiro atoms. The molecule has 2 heterocycles. The number of carbonyl (C=O) groups is 1. The van der Waals surface area contributed by atoms with Gasteiger partial charge in [0.1, 0.15) is 15.7 Å². The van der Waals surface area contributed by atoms with Crippen LogP contribution in [0.5, 0.6) is 0 Å². The zero-order valence-electron chi connectivity index (χ0n) is 13.2. The van der Waals surface area contributed by atoms with Gasteiger partial charge in [-0.2, -0.15) is 0 Å². The Balaban J connectivity index is 1.73. The van der Waals surface area contributed by atoms with E-state index in [1.807, 2.05) is 6.92 Å². The molecule has 0 bridgehead atoms. The van der Waals surface area contributed by atoms with E-state index in [2.05, 4.69) is 20.5 Å². The fraction of sp³-hybridized carbons (Fsp3) is 0.250. The normalized spacial score (nSPS) is 10.8. The summed E-state index contributed by atoms with van der Waals surface area (Å²) < 4.78 is 13.0. The van der Waals surface area contributed by atoms with Crippen LogP contribution in [0.15, 0.2) is 24.3 Å². The molecule has 1 aromatic carbocycles. The van der Waals surface area contributed by atoms with Crippen molar-refractivity contribution in [3.8, 4) is 0 Å². The Morgan fingerprint density at radius 1 is 1.17 bits per heavy atom. The Morgan fingerprint density at radius 2 is 1.92 bits per heavy atom. The first-order valence-electron chi connectivity index (χ1n) is 7.39. The van der Waals surface area contributed by atoms with Crippen LogP contribution in [0.4, 0.5) is 9.52 Å². The minimum absolute atomic E-state index is 0.228. The van der Waals surface area contributed by atoms with Gasteiger partial charge in [0.05, 0.1) is 10.7 Å². The summed E-state index contributed by atoms with van der Waals surface area (Å²) in [5, 5.41) is 12.9. The maximum absolute atomic E-state index is 13.0. The first-order valence-corrected chi connectivity index (χ1v) is 9.03. The van der Waals surface area contributed by atoms with E-state index in [-0.39, 0.29) is 11.7 Å². The zero-order chi connectivity index (χ0) is 17.1. The molecule has 8 heteroatoms. The van der Waals surface area contributed by atoms with Crippen molar-refractivity contribution in [3.05, 3.63) is 56.2 Å². The van der Waals surface area contributed by atoms with Crippen LogP contribution in [0.2, 0.25) is 0 Å². The van der Waals surface area contributed by atoms with Crippen molar-refractivity contribution in [2.45, 2.75) is 26.7 Å². The third-order valence-corrected chi connectivity index (χ3v) is 5.44. The second-order valence-corrected chi connectivity index (χ2v) is 7.28. The second kappa shape index (κ2) is 7.14. The number of aryl methyl sites for hydroxylation is 2. The summed E-state index contributed by atoms with van der Waals surface area (Å²) in [4.78, 5) is 17.4. The molecule has 0 unspecified atom stereocenters. The number of rotatable bonds is 5. The van der Waals surface area contributed by atoms with Crippen molar-refractivity contribution in [2.24, 2.45) is 0 Å². The molecule has 3 rings (SSSR count). The number of anilines is 1. The number of thiazole rings is 1. The fourth-order valence-electron chi connectivity index (χ4n) is 2.12. The Kier molecular flexibility index (Phi) is 4.96. The molecule has 5 nitrogen and oxygen atoms in total. The van der Waals surface area contributed by atoms with Crippen molar-refractivity contribution >= 4 is 33.7 Å². The second-order valence-electron chi connectivity index (χ2n) is 5.13. The monoisotopic (exact) mass is 362 g/mol. The van der Waals surface area contributed by atoms with Crippen molar-refractivity contribution in [1.82, 2.24) is 15.2 Å². The van der Waals surface area contributed by atoms with Crippen LogP contribution >= 0.6 is 22.7 Å². The molecule has 0 saturated carbocycles. The smallest absolute Gasteiger partial charge is 0.269 e. The number of halogens is 1. The predicted molar refractivity (Wildman–Crippen MR) is 93.3 cm³/mol. The number of hydrogen-bond acceptors (Lipinski definition) is 6. The molecule has 124 valence electrons. The lowest BCUT2D eigenvalue weighted by Gasteiger charge is -1.98. The predicted octanol–water partition coefficient (Wildman–Crippen LogP) is 3.85. The molecule has 0 radical (unpaired) electrons. The van der Waals surface area contributed by atoms with Crippen LogP contribution in [0.25, 0.3) is 0 Å². The van der Waals surface area contributed by atoms with E-state index >= 15 is 0 Å². The lowest BCUT2D eigenvalue weighted by Crippen LogP contribution is -2.11. The van der Waals surface area contributed by atoms with Crippen LogP contribution in [-0.4, -0.2) is 21.1 Å². The molecule has 24 heavy (non-hydrogen) atoms. The first-order chi connectivity index (χ1) is 11.5. The molecule has 0 aliphatic heterocycles. The van der Waals surface area contributed by atoms with Gasteiger partial charge in [0.15, 0.2) is 0 Å². The summed E-state index contributed by atoms with van der Waals surface area (Å²) in [6.07, 6.45) is 1.35. The molecule has 3 aromatic rings. The van der Waals surface area contributed by atoms with Gasteiger partial charge >= 0.3 is 0 Å². The highest BCUT2D eigenvalue weighted by molar-refractivity contribution is 7.16. The quantitative estimate of drug-likeness (QED) is 0.749. The molecular formula is C16H15FN4OS2. The molecule has 0 fully saturated rings. The molecule has 0 aliphatic carbocycles. The van der Waals surface area contributed by atoms with E-state index in [4.69, 9.17) is 0 Å². The minimum Gasteiger partial charge on any atom is -0.296 e. The number of aromatic nitrogens is 3. The van der Waals surface area contributed by atoms with Gasteiger partial charge in [0.25, 0.3) is 5.91 Å². The molecule has 1 amide bonds. The number of benzene rings is 1. The van der Waals surface area contributed by atoms with E-state index in [0.29, 0.717) is 22.1 Å². The third-order valence-electron chi connectivity index (χ3n) is 3.31. The highest BCUT2D eigenvalue weighted by Gasteiger charge is 2.17. The average Bonchev–Trinajstić information content (AvgIpc) is 3.16. The molecule has 1 N–H and O–H groups in total. The lowest BCUT2D eigenvalue weighted by molar-refractivity contribution is 0.102. The molecule has 2 aromatic heterocycles. The Labute approximate surface area is 146 Å². The van der Waals surface area contributed by atoms with Crippen LogP contribution in [0.3, 0.4) is 0 Å². The summed E-state index contributed by atoms with van der Waals surface area (Å²) in [7, 11) is 0. The maximum atomic E-state index is 13.0. The van der Waals surface area contributed by atoms with Crippen molar-refractivity contribution < 1.29 is 9.18 Å².